The number of carbonyl (C=O) groups is 1. The van der Waals surface area contributed by atoms with Crippen molar-refractivity contribution in [3.8, 4) is 11.3 Å². The van der Waals surface area contributed by atoms with Crippen LogP contribution in [0.25, 0.3) is 11.3 Å². The minimum absolute atomic E-state index is 0.135. The molecule has 0 radical (unpaired) electrons. The number of aromatic nitrogens is 2. The molecule has 1 saturated heterocycles. The van der Waals surface area contributed by atoms with Crippen LogP contribution in [0.1, 0.15) is 51.4 Å². The van der Waals surface area contributed by atoms with Crippen LogP contribution in [0.15, 0.2) is 42.5 Å². The summed E-state index contributed by atoms with van der Waals surface area (Å²) in [6.45, 7) is 1.73. The number of carbonyl (C=O) groups excluding carboxylic acids is 1. The molecule has 0 spiro atoms. The zero-order chi connectivity index (χ0) is 19.2. The Morgan fingerprint density at radius 1 is 0.857 bits per heavy atom. The quantitative estimate of drug-likeness (QED) is 0.810. The van der Waals surface area contributed by atoms with E-state index in [1.165, 1.54) is 25.7 Å². The molecule has 5 nitrogen and oxygen atoms in total. The van der Waals surface area contributed by atoms with Crippen molar-refractivity contribution in [1.29, 1.82) is 0 Å². The molecule has 0 bridgehead atoms. The van der Waals surface area contributed by atoms with Gasteiger partial charge in [0.2, 0.25) is 5.91 Å². The number of piperidine rings is 1. The largest absolute Gasteiger partial charge is 0.355 e. The lowest BCUT2D eigenvalue weighted by atomic mass is 9.95. The third-order valence-electron chi connectivity index (χ3n) is 6.11. The van der Waals surface area contributed by atoms with Crippen molar-refractivity contribution in [2.75, 3.05) is 18.0 Å². The Morgan fingerprint density at radius 2 is 1.57 bits per heavy atom. The van der Waals surface area contributed by atoms with E-state index >= 15 is 0 Å². The fourth-order valence-corrected chi connectivity index (χ4v) is 4.37. The zero-order valence-electron chi connectivity index (χ0n) is 16.5. The molecule has 4 rings (SSSR count). The standard InChI is InChI=1S/C23H30N4O/c28-23(24-20-10-6-1-2-7-11-20)19-14-16-27(17-15-19)22-13-12-21(25-26-22)18-8-4-3-5-9-18/h3-5,8-9,12-13,19-20H,1-2,6-7,10-11,14-17H2,(H,24,28). The molecule has 1 aliphatic heterocycles. The Labute approximate surface area is 167 Å². The fraction of sp³-hybridized carbons (Fsp3) is 0.522. The molecule has 1 aliphatic carbocycles. The lowest BCUT2D eigenvalue weighted by Crippen LogP contribution is -2.44. The van der Waals surface area contributed by atoms with Crippen LogP contribution >= 0.6 is 0 Å². The van der Waals surface area contributed by atoms with E-state index in [4.69, 9.17) is 0 Å². The maximum Gasteiger partial charge on any atom is 0.223 e. The van der Waals surface area contributed by atoms with Gasteiger partial charge < -0.3 is 10.2 Å². The second-order valence-electron chi connectivity index (χ2n) is 8.10. The molecular weight excluding hydrogens is 348 g/mol. The van der Waals surface area contributed by atoms with E-state index in [-0.39, 0.29) is 11.8 Å². The van der Waals surface area contributed by atoms with Crippen LogP contribution in [0.4, 0.5) is 5.82 Å². The topological polar surface area (TPSA) is 58.1 Å². The van der Waals surface area contributed by atoms with Crippen molar-refractivity contribution in [1.82, 2.24) is 15.5 Å². The van der Waals surface area contributed by atoms with Crippen molar-refractivity contribution in [3.63, 3.8) is 0 Å². The van der Waals surface area contributed by atoms with Gasteiger partial charge in [-0.05, 0) is 37.8 Å². The highest BCUT2D eigenvalue weighted by Gasteiger charge is 2.27. The summed E-state index contributed by atoms with van der Waals surface area (Å²) in [5.74, 6) is 1.30. The summed E-state index contributed by atoms with van der Waals surface area (Å²) >= 11 is 0. The highest BCUT2D eigenvalue weighted by Crippen LogP contribution is 2.24. The van der Waals surface area contributed by atoms with Gasteiger partial charge in [0, 0.05) is 30.6 Å². The van der Waals surface area contributed by atoms with Crippen LogP contribution < -0.4 is 10.2 Å². The molecular formula is C23H30N4O. The van der Waals surface area contributed by atoms with E-state index < -0.39 is 0 Å². The SMILES string of the molecule is O=C(NC1CCCCCC1)C1CCN(c2ccc(-c3ccccc3)nn2)CC1. The Balaban J connectivity index is 1.29. The van der Waals surface area contributed by atoms with Gasteiger partial charge in [-0.1, -0.05) is 56.0 Å². The number of benzene rings is 1. The molecule has 0 unspecified atom stereocenters. The lowest BCUT2D eigenvalue weighted by molar-refractivity contribution is -0.126. The van der Waals surface area contributed by atoms with Gasteiger partial charge in [0.15, 0.2) is 5.82 Å². The van der Waals surface area contributed by atoms with Crippen LogP contribution in [0, 0.1) is 5.92 Å². The Morgan fingerprint density at radius 3 is 2.21 bits per heavy atom. The average Bonchev–Trinajstić information content (AvgIpc) is 3.03. The summed E-state index contributed by atoms with van der Waals surface area (Å²) < 4.78 is 0. The van der Waals surface area contributed by atoms with Crippen molar-refractivity contribution in [3.05, 3.63) is 42.5 Å². The van der Waals surface area contributed by atoms with Gasteiger partial charge in [-0.2, -0.15) is 0 Å². The lowest BCUT2D eigenvalue weighted by Gasteiger charge is -2.32. The van der Waals surface area contributed by atoms with Crippen molar-refractivity contribution >= 4 is 11.7 Å². The molecule has 148 valence electrons. The molecule has 0 atom stereocenters. The molecule has 2 heterocycles. The average molecular weight is 379 g/mol. The van der Waals surface area contributed by atoms with Crippen LogP contribution in [0.3, 0.4) is 0 Å². The molecule has 28 heavy (non-hydrogen) atoms. The molecule has 1 aromatic carbocycles. The molecule has 5 heteroatoms. The molecule has 1 N–H and O–H groups in total. The highest BCUT2D eigenvalue weighted by molar-refractivity contribution is 5.79. The minimum atomic E-state index is 0.135. The van der Waals surface area contributed by atoms with E-state index in [9.17, 15) is 4.79 Å². The van der Waals surface area contributed by atoms with Crippen LogP contribution in [-0.2, 0) is 4.79 Å². The zero-order valence-corrected chi connectivity index (χ0v) is 16.5. The first-order valence-electron chi connectivity index (χ1n) is 10.7. The maximum atomic E-state index is 12.7. The van der Waals surface area contributed by atoms with Crippen molar-refractivity contribution < 1.29 is 4.79 Å². The van der Waals surface area contributed by atoms with E-state index in [0.717, 1.165) is 55.8 Å². The van der Waals surface area contributed by atoms with Gasteiger partial charge in [0.05, 0.1) is 5.69 Å². The molecule has 1 aromatic heterocycles. The van der Waals surface area contributed by atoms with Gasteiger partial charge in [-0.15, -0.1) is 10.2 Å². The Kier molecular flexibility index (Phi) is 6.20. The van der Waals surface area contributed by atoms with Crippen molar-refractivity contribution in [2.24, 2.45) is 5.92 Å². The second-order valence-corrected chi connectivity index (χ2v) is 8.10. The number of nitrogens with one attached hydrogen (secondary N) is 1. The van der Waals surface area contributed by atoms with Gasteiger partial charge in [0.1, 0.15) is 0 Å². The first kappa shape index (κ1) is 18.9. The predicted octanol–water partition coefficient (Wildman–Crippen LogP) is 4.20. The van der Waals surface area contributed by atoms with Crippen LogP contribution in [-0.4, -0.2) is 35.2 Å². The first-order valence-corrected chi connectivity index (χ1v) is 10.7. The maximum absolute atomic E-state index is 12.7. The smallest absolute Gasteiger partial charge is 0.223 e. The van der Waals surface area contributed by atoms with E-state index in [1.54, 1.807) is 0 Å². The van der Waals surface area contributed by atoms with Crippen LogP contribution in [0.5, 0.6) is 0 Å². The summed E-state index contributed by atoms with van der Waals surface area (Å²) in [6, 6.07) is 14.6. The second kappa shape index (κ2) is 9.18. The summed E-state index contributed by atoms with van der Waals surface area (Å²) in [7, 11) is 0. The predicted molar refractivity (Wildman–Crippen MR) is 112 cm³/mol. The number of hydrogen-bond donors (Lipinski definition) is 1. The molecule has 2 aromatic rings. The summed E-state index contributed by atoms with van der Waals surface area (Å²) in [5.41, 5.74) is 1.97. The monoisotopic (exact) mass is 378 g/mol. The van der Waals surface area contributed by atoms with E-state index in [0.29, 0.717) is 6.04 Å². The number of rotatable bonds is 4. The van der Waals surface area contributed by atoms with Crippen molar-refractivity contribution in [2.45, 2.75) is 57.4 Å². The Bertz CT molecular complexity index is 746. The fourth-order valence-electron chi connectivity index (χ4n) is 4.37. The van der Waals surface area contributed by atoms with Gasteiger partial charge in [-0.3, -0.25) is 4.79 Å². The van der Waals surface area contributed by atoms with Gasteiger partial charge >= 0.3 is 0 Å². The summed E-state index contributed by atoms with van der Waals surface area (Å²) in [4.78, 5) is 14.9. The Hall–Kier alpha value is -2.43. The van der Waals surface area contributed by atoms with E-state index in [1.807, 2.05) is 42.5 Å². The number of amides is 1. The number of hydrogen-bond acceptors (Lipinski definition) is 4. The van der Waals surface area contributed by atoms with Gasteiger partial charge in [-0.25, -0.2) is 0 Å². The van der Waals surface area contributed by atoms with E-state index in [2.05, 4.69) is 20.4 Å². The normalized spacial score (nSPS) is 19.2. The summed E-state index contributed by atoms with van der Waals surface area (Å²) in [5, 5.41) is 12.1. The third-order valence-corrected chi connectivity index (χ3v) is 6.11. The number of nitrogens with zero attached hydrogens (tertiary/aromatic N) is 3. The minimum Gasteiger partial charge on any atom is -0.355 e. The van der Waals surface area contributed by atoms with Gasteiger partial charge in [0.25, 0.3) is 0 Å². The number of anilines is 1. The third kappa shape index (κ3) is 4.70. The van der Waals surface area contributed by atoms with Crippen LogP contribution in [0.2, 0.25) is 0 Å². The summed E-state index contributed by atoms with van der Waals surface area (Å²) in [6.07, 6.45) is 9.20. The molecule has 2 aliphatic rings. The highest BCUT2D eigenvalue weighted by atomic mass is 16.1. The first-order chi connectivity index (χ1) is 13.8. The molecule has 1 amide bonds. The molecule has 1 saturated carbocycles. The molecule has 2 fully saturated rings.